The molecule has 2 aliphatic rings. The molecule has 19 nitrogen and oxygen atoms in total. The van der Waals surface area contributed by atoms with Crippen LogP contribution in [0.15, 0.2) is 18.2 Å². The number of aliphatic carboxylic acids is 1. The number of aryl methyl sites for hydroxylation is 1. The lowest BCUT2D eigenvalue weighted by Crippen LogP contribution is -2.59. The first-order valence-electron chi connectivity index (χ1n) is 21.6. The second-order valence-corrected chi connectivity index (χ2v) is 19.8. The van der Waals surface area contributed by atoms with Gasteiger partial charge >= 0.3 is 11.9 Å². The van der Waals surface area contributed by atoms with Gasteiger partial charge in [-0.25, -0.2) is 4.79 Å². The Hall–Kier alpha value is -4.18. The van der Waals surface area contributed by atoms with Crippen LogP contribution >= 0.6 is 0 Å². The maximum Gasteiger partial charge on any atom is 0.335 e. The van der Waals surface area contributed by atoms with E-state index in [4.69, 9.17) is 18.8 Å². The number of ketones is 3. The zero-order valence-corrected chi connectivity index (χ0v) is 38.5. The number of carboxylic acid groups (broad SMARTS) is 1. The molecule has 0 aromatic heterocycles. The number of amides is 2. The minimum absolute atomic E-state index is 0.0223. The third-order valence-corrected chi connectivity index (χ3v) is 12.2. The van der Waals surface area contributed by atoms with Crippen LogP contribution in [0.2, 0.25) is 0 Å². The molecule has 1 aromatic carbocycles. The monoisotopic (exact) mass is 926 g/mol. The number of aliphatic hydroxyl groups is 3. The lowest BCUT2D eigenvalue weighted by molar-refractivity contribution is -0.228. The number of benzene rings is 1. The number of aliphatic hydroxyl groups excluding tert-OH is 3. The largest absolute Gasteiger partial charge is 0.479 e. The standard InChI is InChI=1S/C44H66N2O17S/c1-8-9-31(47)19-29-18-30(23-61-14-15-64(58,59)60)46(41(29)54)21-32(48)20-33(24(2)3)40(53)45-25(4)34(49)17-26-10-11-28(22-62-43(57)44(5,6)7)27(16-26)12-13-35-36(50)37(51)38(52)39(63-35)42(55)56/h10-11,16,24-25,29-30,33,35-39,50-52H,8-9,12-15,17-23H2,1-7H3,(H,45,53)(H,55,56)(H,58,59,60)/t25-,29+,30-,33-,35-,36-,37+,38-,39-/m0/s1. The van der Waals surface area contributed by atoms with Crippen molar-refractivity contribution >= 4 is 51.2 Å². The van der Waals surface area contributed by atoms with Crippen LogP contribution in [0.1, 0.15) is 104 Å². The van der Waals surface area contributed by atoms with Gasteiger partial charge in [0.05, 0.1) is 49.1 Å². The van der Waals surface area contributed by atoms with Crippen molar-refractivity contribution in [2.45, 2.75) is 149 Å². The molecule has 0 bridgehead atoms. The Morgan fingerprint density at radius 2 is 1.66 bits per heavy atom. The van der Waals surface area contributed by atoms with E-state index < -0.39 is 118 Å². The summed E-state index contributed by atoms with van der Waals surface area (Å²) < 4.78 is 47.8. The number of nitrogens with zero attached hydrogens (tertiary/aromatic N) is 1. The lowest BCUT2D eigenvalue weighted by atomic mass is 9.89. The van der Waals surface area contributed by atoms with Crippen LogP contribution in [-0.2, 0) is 77.3 Å². The average Bonchev–Trinajstić information content (AvgIpc) is 3.47. The number of carbonyl (C=O) groups excluding carboxylic acids is 6. The smallest absolute Gasteiger partial charge is 0.335 e. The third kappa shape index (κ3) is 16.1. The first-order chi connectivity index (χ1) is 29.7. The molecule has 20 heteroatoms. The minimum Gasteiger partial charge on any atom is -0.479 e. The molecular formula is C44H66N2O17S. The summed E-state index contributed by atoms with van der Waals surface area (Å²) in [6, 6.07) is 3.30. The van der Waals surface area contributed by atoms with Gasteiger partial charge in [0.25, 0.3) is 10.1 Å². The zero-order valence-electron chi connectivity index (χ0n) is 37.7. The van der Waals surface area contributed by atoms with Gasteiger partial charge < -0.3 is 44.9 Å². The molecule has 0 unspecified atom stereocenters. The molecule has 0 radical (unpaired) electrons. The van der Waals surface area contributed by atoms with Gasteiger partial charge in [0, 0.05) is 37.5 Å². The summed E-state index contributed by atoms with van der Waals surface area (Å²) in [5.74, 6) is -6.60. The van der Waals surface area contributed by atoms with Crippen molar-refractivity contribution in [3.05, 3.63) is 34.9 Å². The van der Waals surface area contributed by atoms with Crippen LogP contribution < -0.4 is 5.32 Å². The Morgan fingerprint density at radius 1 is 0.984 bits per heavy atom. The van der Waals surface area contributed by atoms with E-state index in [1.165, 1.54) is 11.8 Å². The highest BCUT2D eigenvalue weighted by Crippen LogP contribution is 2.30. The highest BCUT2D eigenvalue weighted by molar-refractivity contribution is 7.85. The number of likely N-dealkylation sites (tertiary alicyclic amines) is 1. The maximum atomic E-state index is 13.6. The summed E-state index contributed by atoms with van der Waals surface area (Å²) in [4.78, 5) is 92.2. The third-order valence-electron chi connectivity index (χ3n) is 11.5. The second-order valence-electron chi connectivity index (χ2n) is 18.2. The van der Waals surface area contributed by atoms with Crippen LogP contribution in [0, 0.1) is 23.2 Å². The number of hydrogen-bond acceptors (Lipinski definition) is 15. The minimum atomic E-state index is -4.30. The first-order valence-corrected chi connectivity index (χ1v) is 23.2. The van der Waals surface area contributed by atoms with Crippen LogP contribution in [0.5, 0.6) is 0 Å². The van der Waals surface area contributed by atoms with Crippen molar-refractivity contribution in [3.8, 4) is 0 Å². The predicted molar refractivity (Wildman–Crippen MR) is 228 cm³/mol. The van der Waals surface area contributed by atoms with Gasteiger partial charge in [-0.1, -0.05) is 39.0 Å². The normalized spacial score (nSPS) is 23.7. The molecule has 2 saturated heterocycles. The van der Waals surface area contributed by atoms with E-state index in [0.29, 0.717) is 23.1 Å². The van der Waals surface area contributed by atoms with E-state index in [1.54, 1.807) is 52.8 Å². The Kier molecular flexibility index (Phi) is 20.2. The maximum absolute atomic E-state index is 13.6. The summed E-state index contributed by atoms with van der Waals surface area (Å²) in [6.07, 6.45) is -7.54. The molecule has 0 saturated carbocycles. The molecule has 360 valence electrons. The number of nitrogens with one attached hydrogen (secondary N) is 1. The molecule has 0 aliphatic carbocycles. The van der Waals surface area contributed by atoms with E-state index in [2.05, 4.69) is 5.32 Å². The topological polar surface area (TPSA) is 298 Å². The molecule has 6 N–H and O–H groups in total. The van der Waals surface area contributed by atoms with Crippen LogP contribution in [-0.4, -0.2) is 148 Å². The number of carboxylic acids is 1. The van der Waals surface area contributed by atoms with Crippen molar-refractivity contribution in [3.63, 3.8) is 0 Å². The fraction of sp³-hybridized carbons (Fsp3) is 0.705. The molecule has 2 fully saturated rings. The van der Waals surface area contributed by atoms with Gasteiger partial charge in [0.1, 0.15) is 30.7 Å². The van der Waals surface area contributed by atoms with Crippen LogP contribution in [0.25, 0.3) is 0 Å². The van der Waals surface area contributed by atoms with E-state index in [0.717, 1.165) is 0 Å². The molecule has 1 aromatic rings. The number of esters is 1. The Bertz CT molecular complexity index is 1950. The molecule has 2 heterocycles. The van der Waals surface area contributed by atoms with Gasteiger partial charge in [-0.2, -0.15) is 8.42 Å². The van der Waals surface area contributed by atoms with Gasteiger partial charge in [-0.3, -0.25) is 33.3 Å². The van der Waals surface area contributed by atoms with E-state index in [-0.39, 0.29) is 76.5 Å². The molecule has 2 amide bonds. The fourth-order valence-electron chi connectivity index (χ4n) is 7.65. The van der Waals surface area contributed by atoms with Crippen molar-refractivity contribution < 1.29 is 81.2 Å². The molecular weight excluding hydrogens is 861 g/mol. The van der Waals surface area contributed by atoms with E-state index in [1.807, 2.05) is 6.92 Å². The highest BCUT2D eigenvalue weighted by atomic mass is 32.2. The Morgan fingerprint density at radius 3 is 2.25 bits per heavy atom. The average molecular weight is 927 g/mol. The van der Waals surface area contributed by atoms with Crippen molar-refractivity contribution in [1.29, 1.82) is 0 Å². The quantitative estimate of drug-likeness (QED) is 0.0458. The van der Waals surface area contributed by atoms with Gasteiger partial charge in [0.2, 0.25) is 11.8 Å². The Balaban J connectivity index is 1.72. The van der Waals surface area contributed by atoms with Crippen molar-refractivity contribution in [2.75, 3.05) is 25.5 Å². The Labute approximate surface area is 374 Å². The molecule has 3 rings (SSSR count). The van der Waals surface area contributed by atoms with E-state index in [9.17, 15) is 62.4 Å². The number of carbonyl (C=O) groups is 7. The van der Waals surface area contributed by atoms with Gasteiger partial charge in [-0.05, 0) is 76.0 Å². The highest BCUT2D eigenvalue weighted by Gasteiger charge is 2.47. The molecule has 2 aliphatic heterocycles. The summed E-state index contributed by atoms with van der Waals surface area (Å²) in [6.45, 7) is 10.8. The molecule has 9 atom stereocenters. The summed E-state index contributed by atoms with van der Waals surface area (Å²) in [7, 11) is -4.30. The summed E-state index contributed by atoms with van der Waals surface area (Å²) in [5, 5.41) is 43.2. The lowest BCUT2D eigenvalue weighted by Gasteiger charge is -2.39. The number of ether oxygens (including phenoxy) is 3. The van der Waals surface area contributed by atoms with Crippen LogP contribution in [0.3, 0.4) is 0 Å². The predicted octanol–water partition coefficient (Wildman–Crippen LogP) is 1.37. The van der Waals surface area contributed by atoms with Gasteiger partial charge in [-0.15, -0.1) is 0 Å². The second kappa shape index (κ2) is 23.8. The fourth-order valence-corrected chi connectivity index (χ4v) is 7.97. The SMILES string of the molecule is CCCC(=O)C[C@H]1C[C@@H](COCCS(=O)(=O)O)N(CC(=O)C[C@H](C(=O)N[C@@H](C)C(=O)Cc2ccc(COC(=O)C(C)(C)C)c(CC[C@@H]3O[C@H](C(=O)O)[C@@H](O)[C@H](O)[C@H]3O)c2)C(C)C)C1=O. The number of Topliss-reactive ketones (excluding diaryl/α,β-unsaturated/α-hetero) is 3. The van der Waals surface area contributed by atoms with Crippen molar-refractivity contribution in [1.82, 2.24) is 10.2 Å². The number of rotatable bonds is 25. The van der Waals surface area contributed by atoms with E-state index >= 15 is 0 Å². The van der Waals surface area contributed by atoms with Crippen LogP contribution in [0.4, 0.5) is 0 Å². The molecule has 0 spiro atoms. The zero-order chi connectivity index (χ0) is 48.3. The summed E-state index contributed by atoms with van der Waals surface area (Å²) >= 11 is 0. The number of hydrogen-bond donors (Lipinski definition) is 6. The molecule has 64 heavy (non-hydrogen) atoms. The summed E-state index contributed by atoms with van der Waals surface area (Å²) in [5.41, 5.74) is 0.814. The van der Waals surface area contributed by atoms with Crippen molar-refractivity contribution in [2.24, 2.45) is 23.2 Å². The van der Waals surface area contributed by atoms with Gasteiger partial charge in [0.15, 0.2) is 17.7 Å². The first kappa shape index (κ1) is 54.2.